The minimum atomic E-state index is -3.76. The fourth-order valence-electron chi connectivity index (χ4n) is 2.01. The third-order valence-electron chi connectivity index (χ3n) is 3.49. The van der Waals surface area contributed by atoms with Gasteiger partial charge in [0, 0.05) is 13.1 Å². The molecule has 1 atom stereocenters. The van der Waals surface area contributed by atoms with E-state index in [4.69, 9.17) is 5.14 Å². The van der Waals surface area contributed by atoms with Crippen LogP contribution in [0.3, 0.4) is 0 Å². The molecule has 3 N–H and O–H groups in total. The molecular weight excluding hydrogens is 336 g/mol. The molecule has 1 heterocycles. The minimum absolute atomic E-state index is 0.0224. The Labute approximate surface area is 139 Å². The molecule has 23 heavy (non-hydrogen) atoms. The van der Waals surface area contributed by atoms with E-state index in [0.29, 0.717) is 10.7 Å². The van der Waals surface area contributed by atoms with Gasteiger partial charge in [-0.1, -0.05) is 18.7 Å². The van der Waals surface area contributed by atoms with E-state index in [0.717, 1.165) is 11.9 Å². The molecular formula is C14H20N4O3S2. The first-order chi connectivity index (χ1) is 10.7. The van der Waals surface area contributed by atoms with E-state index in [2.05, 4.69) is 10.3 Å². The Morgan fingerprint density at radius 3 is 2.78 bits per heavy atom. The molecule has 2 rings (SSSR count). The number of nitrogens with two attached hydrogens (primary N) is 1. The fourth-order valence-corrected chi connectivity index (χ4v) is 3.34. The lowest BCUT2D eigenvalue weighted by Crippen LogP contribution is -2.33. The Bertz CT molecular complexity index is 830. The Kier molecular flexibility index (Phi) is 5.33. The first kappa shape index (κ1) is 17.8. The predicted molar refractivity (Wildman–Crippen MR) is 90.7 cm³/mol. The second kappa shape index (κ2) is 6.90. The van der Waals surface area contributed by atoms with Gasteiger partial charge in [0.1, 0.15) is 0 Å². The van der Waals surface area contributed by atoms with Crippen LogP contribution in [0, 0.1) is 0 Å². The topological polar surface area (TPSA) is 107 Å². The number of primary sulfonamides is 1. The zero-order valence-corrected chi connectivity index (χ0v) is 14.9. The van der Waals surface area contributed by atoms with Crippen molar-refractivity contribution in [1.82, 2.24) is 14.9 Å². The van der Waals surface area contributed by atoms with Gasteiger partial charge in [0.05, 0.1) is 21.7 Å². The van der Waals surface area contributed by atoms with Crippen molar-refractivity contribution in [2.45, 2.75) is 36.4 Å². The number of amides is 1. The van der Waals surface area contributed by atoms with E-state index in [1.807, 2.05) is 25.5 Å². The van der Waals surface area contributed by atoms with E-state index in [1.165, 1.54) is 23.9 Å². The van der Waals surface area contributed by atoms with Crippen LogP contribution in [0.5, 0.6) is 0 Å². The summed E-state index contributed by atoms with van der Waals surface area (Å²) in [6.07, 6.45) is 0.874. The first-order valence-corrected chi connectivity index (χ1v) is 9.67. The standard InChI is InChI=1S/C14H20N4O3S2/c1-4-9(2)16-13(19)8-22-14-17-11-7-10(23(15,20)21)5-6-12(11)18(14)3/h5-7,9H,4,8H2,1-3H3,(H,16,19)(H2,15,20,21)/t9-/m0/s1. The van der Waals surface area contributed by atoms with Crippen LogP contribution in [0.15, 0.2) is 28.3 Å². The number of nitrogens with zero attached hydrogens (tertiary/aromatic N) is 2. The van der Waals surface area contributed by atoms with Crippen molar-refractivity contribution in [3.8, 4) is 0 Å². The Morgan fingerprint density at radius 2 is 2.17 bits per heavy atom. The van der Waals surface area contributed by atoms with Gasteiger partial charge in [-0.15, -0.1) is 0 Å². The molecule has 0 aliphatic rings. The average molecular weight is 356 g/mol. The Morgan fingerprint density at radius 1 is 1.48 bits per heavy atom. The molecule has 1 aromatic heterocycles. The number of sulfonamides is 1. The molecule has 0 radical (unpaired) electrons. The number of carbonyl (C=O) groups excluding carboxylic acids is 1. The van der Waals surface area contributed by atoms with Crippen LogP contribution in [-0.2, 0) is 21.9 Å². The third-order valence-corrected chi connectivity index (χ3v) is 5.43. The summed E-state index contributed by atoms with van der Waals surface area (Å²) in [5.74, 6) is 0.199. The van der Waals surface area contributed by atoms with E-state index in [-0.39, 0.29) is 22.6 Å². The van der Waals surface area contributed by atoms with E-state index in [1.54, 1.807) is 6.07 Å². The van der Waals surface area contributed by atoms with Crippen LogP contribution in [0.2, 0.25) is 0 Å². The maximum absolute atomic E-state index is 11.8. The van der Waals surface area contributed by atoms with Gasteiger partial charge < -0.3 is 9.88 Å². The zero-order chi connectivity index (χ0) is 17.2. The normalized spacial score (nSPS) is 13.2. The number of rotatable bonds is 6. The van der Waals surface area contributed by atoms with Crippen molar-refractivity contribution in [3.63, 3.8) is 0 Å². The molecule has 1 amide bonds. The van der Waals surface area contributed by atoms with Gasteiger partial charge in [0.2, 0.25) is 15.9 Å². The van der Waals surface area contributed by atoms with Gasteiger partial charge >= 0.3 is 0 Å². The highest BCUT2D eigenvalue weighted by Crippen LogP contribution is 2.24. The number of aryl methyl sites for hydroxylation is 1. The maximum atomic E-state index is 11.8. The maximum Gasteiger partial charge on any atom is 0.238 e. The zero-order valence-electron chi connectivity index (χ0n) is 13.2. The molecule has 0 bridgehead atoms. The molecule has 1 aromatic carbocycles. The summed E-state index contributed by atoms with van der Waals surface area (Å²) >= 11 is 1.31. The highest BCUT2D eigenvalue weighted by Gasteiger charge is 2.14. The number of thioether (sulfide) groups is 1. The van der Waals surface area contributed by atoms with Crippen molar-refractivity contribution in [1.29, 1.82) is 0 Å². The summed E-state index contributed by atoms with van der Waals surface area (Å²) in [6, 6.07) is 4.68. The number of aromatic nitrogens is 2. The number of hydrogen-bond acceptors (Lipinski definition) is 5. The quantitative estimate of drug-likeness (QED) is 0.757. The predicted octanol–water partition coefficient (Wildman–Crippen LogP) is 1.23. The number of nitrogens with one attached hydrogen (secondary N) is 1. The van der Waals surface area contributed by atoms with Crippen molar-refractivity contribution in [2.24, 2.45) is 12.2 Å². The second-order valence-electron chi connectivity index (χ2n) is 5.31. The fraction of sp³-hybridized carbons (Fsp3) is 0.429. The van der Waals surface area contributed by atoms with E-state index < -0.39 is 10.0 Å². The van der Waals surface area contributed by atoms with Crippen molar-refractivity contribution in [2.75, 3.05) is 5.75 Å². The summed E-state index contributed by atoms with van der Waals surface area (Å²) in [5, 5.41) is 8.66. The molecule has 0 aliphatic carbocycles. The molecule has 0 saturated carbocycles. The number of carbonyl (C=O) groups is 1. The van der Waals surface area contributed by atoms with Crippen LogP contribution < -0.4 is 10.5 Å². The van der Waals surface area contributed by atoms with Gasteiger partial charge in [-0.2, -0.15) is 0 Å². The molecule has 126 valence electrons. The number of fused-ring (bicyclic) bond motifs is 1. The van der Waals surface area contributed by atoms with Crippen LogP contribution in [0.4, 0.5) is 0 Å². The van der Waals surface area contributed by atoms with Gasteiger partial charge in [-0.05, 0) is 31.5 Å². The summed E-state index contributed by atoms with van der Waals surface area (Å²) in [4.78, 5) is 16.2. The molecule has 2 aromatic rings. The molecule has 0 spiro atoms. The first-order valence-electron chi connectivity index (χ1n) is 7.13. The van der Waals surface area contributed by atoms with E-state index >= 15 is 0 Å². The summed E-state index contributed by atoms with van der Waals surface area (Å²) in [6.45, 7) is 3.96. The van der Waals surface area contributed by atoms with Gasteiger partial charge in [-0.25, -0.2) is 18.5 Å². The SMILES string of the molecule is CC[C@H](C)NC(=O)CSc1nc2cc(S(N)(=O)=O)ccc2n1C. The van der Waals surface area contributed by atoms with Crippen molar-refractivity contribution >= 4 is 38.7 Å². The lowest BCUT2D eigenvalue weighted by Gasteiger charge is -2.10. The van der Waals surface area contributed by atoms with Crippen LogP contribution in [0.1, 0.15) is 20.3 Å². The molecule has 0 fully saturated rings. The smallest absolute Gasteiger partial charge is 0.238 e. The third kappa shape index (κ3) is 4.24. The van der Waals surface area contributed by atoms with Crippen LogP contribution in [-0.4, -0.2) is 35.7 Å². The molecule has 0 unspecified atom stereocenters. The lowest BCUT2D eigenvalue weighted by molar-refractivity contribution is -0.119. The number of hydrogen-bond donors (Lipinski definition) is 2. The molecule has 7 nitrogen and oxygen atoms in total. The molecule has 9 heteroatoms. The van der Waals surface area contributed by atoms with Crippen LogP contribution >= 0.6 is 11.8 Å². The number of benzene rings is 1. The Balaban J connectivity index is 2.19. The van der Waals surface area contributed by atoms with Gasteiger partial charge in [0.25, 0.3) is 0 Å². The van der Waals surface area contributed by atoms with E-state index in [9.17, 15) is 13.2 Å². The highest BCUT2D eigenvalue weighted by molar-refractivity contribution is 7.99. The monoisotopic (exact) mass is 356 g/mol. The molecule has 0 saturated heterocycles. The van der Waals surface area contributed by atoms with Crippen molar-refractivity contribution < 1.29 is 13.2 Å². The van der Waals surface area contributed by atoms with Gasteiger partial charge in [0.15, 0.2) is 5.16 Å². The minimum Gasteiger partial charge on any atom is -0.353 e. The second-order valence-corrected chi connectivity index (χ2v) is 7.82. The summed E-state index contributed by atoms with van der Waals surface area (Å²) < 4.78 is 24.6. The van der Waals surface area contributed by atoms with Crippen molar-refractivity contribution in [3.05, 3.63) is 18.2 Å². The number of imidazole rings is 1. The largest absolute Gasteiger partial charge is 0.353 e. The van der Waals surface area contributed by atoms with Crippen LogP contribution in [0.25, 0.3) is 11.0 Å². The Hall–Kier alpha value is -1.58. The summed E-state index contributed by atoms with van der Waals surface area (Å²) in [5.41, 5.74) is 1.31. The highest BCUT2D eigenvalue weighted by atomic mass is 32.2. The summed E-state index contributed by atoms with van der Waals surface area (Å²) in [7, 11) is -1.94. The van der Waals surface area contributed by atoms with Gasteiger partial charge in [-0.3, -0.25) is 4.79 Å². The molecule has 0 aliphatic heterocycles. The average Bonchev–Trinajstić information content (AvgIpc) is 2.80. The lowest BCUT2D eigenvalue weighted by atomic mass is 10.3.